The van der Waals surface area contributed by atoms with Gasteiger partial charge in [-0.25, -0.2) is 4.79 Å². The number of carboxylic acids is 1. The zero-order valence-corrected chi connectivity index (χ0v) is 19.3. The van der Waals surface area contributed by atoms with Crippen molar-refractivity contribution >= 4 is 18.0 Å². The van der Waals surface area contributed by atoms with E-state index in [4.69, 9.17) is 4.74 Å². The van der Waals surface area contributed by atoms with Crippen LogP contribution < -0.4 is 10.6 Å². The Labute approximate surface area is 198 Å². The molecule has 7 nitrogen and oxygen atoms in total. The van der Waals surface area contributed by atoms with Crippen LogP contribution in [0, 0.1) is 17.3 Å². The predicted octanol–water partition coefficient (Wildman–Crippen LogP) is 3.92. The minimum absolute atomic E-state index is 0.00700. The summed E-state index contributed by atoms with van der Waals surface area (Å²) in [5.74, 6) is -1.10. The van der Waals surface area contributed by atoms with Crippen LogP contribution in [0.25, 0.3) is 11.1 Å². The fourth-order valence-electron chi connectivity index (χ4n) is 5.59. The van der Waals surface area contributed by atoms with Gasteiger partial charge in [0, 0.05) is 24.4 Å². The van der Waals surface area contributed by atoms with Crippen molar-refractivity contribution in [3.8, 4) is 11.1 Å². The smallest absolute Gasteiger partial charge is 0.407 e. The predicted molar refractivity (Wildman–Crippen MR) is 126 cm³/mol. The van der Waals surface area contributed by atoms with Gasteiger partial charge in [0.05, 0.1) is 5.41 Å². The van der Waals surface area contributed by atoms with Gasteiger partial charge in [0.15, 0.2) is 0 Å². The van der Waals surface area contributed by atoms with Crippen LogP contribution in [0.2, 0.25) is 0 Å². The van der Waals surface area contributed by atoms with E-state index in [2.05, 4.69) is 34.9 Å². The molecule has 2 aromatic carbocycles. The number of rotatable bonds is 7. The molecule has 178 valence electrons. The van der Waals surface area contributed by atoms with Crippen molar-refractivity contribution in [2.24, 2.45) is 17.3 Å². The van der Waals surface area contributed by atoms with Crippen LogP contribution >= 0.6 is 0 Å². The van der Waals surface area contributed by atoms with E-state index in [0.29, 0.717) is 25.8 Å². The van der Waals surface area contributed by atoms with Gasteiger partial charge in [0.25, 0.3) is 0 Å². The van der Waals surface area contributed by atoms with Crippen molar-refractivity contribution in [1.29, 1.82) is 0 Å². The van der Waals surface area contributed by atoms with Crippen LogP contribution in [-0.2, 0) is 14.3 Å². The number of carbonyl (C=O) groups is 3. The highest BCUT2D eigenvalue weighted by Gasteiger charge is 2.49. The van der Waals surface area contributed by atoms with Crippen LogP contribution in [0.3, 0.4) is 0 Å². The molecule has 0 heterocycles. The highest BCUT2D eigenvalue weighted by Crippen LogP contribution is 2.45. The molecule has 2 fully saturated rings. The van der Waals surface area contributed by atoms with Crippen LogP contribution in [0.1, 0.15) is 49.7 Å². The summed E-state index contributed by atoms with van der Waals surface area (Å²) < 4.78 is 5.56. The number of ether oxygens (including phenoxy) is 1. The maximum absolute atomic E-state index is 12.6. The fourth-order valence-corrected chi connectivity index (χ4v) is 5.59. The summed E-state index contributed by atoms with van der Waals surface area (Å²) in [5, 5.41) is 15.3. The Balaban J connectivity index is 1.10. The normalized spacial score (nSPS) is 26.9. The Morgan fingerprint density at radius 2 is 1.71 bits per heavy atom. The number of alkyl carbamates (subject to hydrolysis) is 1. The van der Waals surface area contributed by atoms with Crippen LogP contribution in [0.15, 0.2) is 48.5 Å². The molecule has 34 heavy (non-hydrogen) atoms. The van der Waals surface area contributed by atoms with Crippen molar-refractivity contribution in [1.82, 2.24) is 10.6 Å². The Morgan fingerprint density at radius 1 is 1.06 bits per heavy atom. The number of fused-ring (bicyclic) bond motifs is 3. The number of carboxylic acid groups (broad SMARTS) is 1. The summed E-state index contributed by atoms with van der Waals surface area (Å²) >= 11 is 0. The summed E-state index contributed by atoms with van der Waals surface area (Å²) in [6.45, 7) is 2.33. The first-order chi connectivity index (χ1) is 16.4. The van der Waals surface area contributed by atoms with Gasteiger partial charge in [-0.3, -0.25) is 9.59 Å². The second-order valence-corrected chi connectivity index (χ2v) is 9.98. The monoisotopic (exact) mass is 462 g/mol. The molecule has 3 N–H and O–H groups in total. The zero-order valence-electron chi connectivity index (χ0n) is 19.3. The lowest BCUT2D eigenvalue weighted by Crippen LogP contribution is -2.47. The Hall–Kier alpha value is -3.35. The van der Waals surface area contributed by atoms with Gasteiger partial charge in [0.1, 0.15) is 6.61 Å². The second kappa shape index (κ2) is 8.78. The van der Waals surface area contributed by atoms with Gasteiger partial charge < -0.3 is 20.5 Å². The lowest BCUT2D eigenvalue weighted by molar-refractivity contribution is -0.149. The lowest BCUT2D eigenvalue weighted by Gasteiger charge is -2.27. The van der Waals surface area contributed by atoms with Gasteiger partial charge in [-0.1, -0.05) is 55.0 Å². The molecular weight excluding hydrogens is 432 g/mol. The third-order valence-corrected chi connectivity index (χ3v) is 7.87. The van der Waals surface area contributed by atoms with Gasteiger partial charge in [-0.2, -0.15) is 0 Å². The third-order valence-electron chi connectivity index (χ3n) is 7.87. The highest BCUT2D eigenvalue weighted by molar-refractivity contribution is 5.84. The number of carbonyl (C=O) groups excluding carboxylic acids is 2. The van der Waals surface area contributed by atoms with Crippen LogP contribution in [-0.4, -0.2) is 42.3 Å². The fraction of sp³-hybridized carbons (Fsp3) is 0.444. The summed E-state index contributed by atoms with van der Waals surface area (Å²) in [5.41, 5.74) is 3.78. The molecule has 7 heteroatoms. The number of aliphatic carboxylic acids is 1. The van der Waals surface area contributed by atoms with Crippen LogP contribution in [0.5, 0.6) is 0 Å². The summed E-state index contributed by atoms with van der Waals surface area (Å²) in [4.78, 5) is 36.6. The Bertz CT molecular complexity index is 1090. The quantitative estimate of drug-likeness (QED) is 0.579. The van der Waals surface area contributed by atoms with E-state index in [9.17, 15) is 19.5 Å². The first kappa shape index (κ1) is 22.4. The van der Waals surface area contributed by atoms with E-state index < -0.39 is 17.5 Å². The summed E-state index contributed by atoms with van der Waals surface area (Å²) in [6, 6.07) is 16.0. The molecule has 3 aliphatic rings. The second-order valence-electron chi connectivity index (χ2n) is 9.98. The molecule has 2 unspecified atom stereocenters. The molecular formula is C27H30N2O5. The van der Waals surface area contributed by atoms with E-state index in [1.165, 1.54) is 11.1 Å². The average Bonchev–Trinajstić information content (AvgIpc) is 3.43. The van der Waals surface area contributed by atoms with Crippen molar-refractivity contribution in [2.75, 3.05) is 13.2 Å². The number of amides is 2. The minimum atomic E-state index is -0.903. The highest BCUT2D eigenvalue weighted by atomic mass is 16.5. The summed E-state index contributed by atoms with van der Waals surface area (Å²) in [7, 11) is 0. The Morgan fingerprint density at radius 3 is 2.35 bits per heavy atom. The summed E-state index contributed by atoms with van der Waals surface area (Å²) in [6.07, 6.45) is 2.26. The molecule has 0 saturated heterocycles. The first-order valence-electron chi connectivity index (χ1n) is 12.0. The maximum atomic E-state index is 12.6. The minimum Gasteiger partial charge on any atom is -0.481 e. The van der Waals surface area contributed by atoms with Gasteiger partial charge in [0.2, 0.25) is 5.91 Å². The topological polar surface area (TPSA) is 105 Å². The zero-order chi connectivity index (χ0) is 23.9. The molecule has 0 bridgehead atoms. The molecule has 0 spiro atoms. The molecule has 2 aromatic rings. The van der Waals surface area contributed by atoms with Crippen molar-refractivity contribution < 1.29 is 24.2 Å². The third kappa shape index (κ3) is 4.04. The Kier molecular flexibility index (Phi) is 5.80. The van der Waals surface area contributed by atoms with Gasteiger partial charge >= 0.3 is 12.1 Å². The molecule has 4 atom stereocenters. The van der Waals surface area contributed by atoms with E-state index in [-0.39, 0.29) is 36.3 Å². The average molecular weight is 463 g/mol. The van der Waals surface area contributed by atoms with E-state index in [1.54, 1.807) is 6.92 Å². The number of nitrogens with one attached hydrogen (secondary N) is 2. The van der Waals surface area contributed by atoms with E-state index in [1.807, 2.05) is 24.3 Å². The van der Waals surface area contributed by atoms with Gasteiger partial charge in [-0.05, 0) is 54.4 Å². The molecule has 2 saturated carbocycles. The van der Waals surface area contributed by atoms with Crippen molar-refractivity contribution in [2.45, 2.75) is 44.6 Å². The maximum Gasteiger partial charge on any atom is 0.407 e. The molecule has 5 rings (SSSR count). The number of benzene rings is 2. The SMILES string of the molecule is CC1(C(=O)O)CCCC1NC(=O)[C@@H]1C[C@@H]1CNC(=O)OCC1c2ccccc2-c2ccccc21. The number of hydrogen-bond acceptors (Lipinski definition) is 4. The largest absolute Gasteiger partial charge is 0.481 e. The van der Waals surface area contributed by atoms with Gasteiger partial charge in [-0.15, -0.1) is 0 Å². The number of hydrogen-bond donors (Lipinski definition) is 3. The van der Waals surface area contributed by atoms with Crippen LogP contribution in [0.4, 0.5) is 4.79 Å². The molecule has 0 aromatic heterocycles. The molecule has 0 radical (unpaired) electrons. The van der Waals surface area contributed by atoms with E-state index in [0.717, 1.165) is 17.5 Å². The molecule has 2 amide bonds. The van der Waals surface area contributed by atoms with Crippen molar-refractivity contribution in [3.63, 3.8) is 0 Å². The molecule has 3 aliphatic carbocycles. The lowest BCUT2D eigenvalue weighted by atomic mass is 9.85. The first-order valence-corrected chi connectivity index (χ1v) is 12.0. The van der Waals surface area contributed by atoms with Crippen molar-refractivity contribution in [3.05, 3.63) is 59.7 Å². The molecule has 0 aliphatic heterocycles. The van der Waals surface area contributed by atoms with E-state index >= 15 is 0 Å². The standard InChI is InChI=1S/C27H30N2O5/c1-27(25(31)32)12-6-11-23(27)29-24(30)21-13-16(21)14-28-26(33)34-15-22-19-9-4-2-7-17(19)18-8-3-5-10-20(18)22/h2-5,7-10,16,21-23H,6,11-15H2,1H3,(H,28,33)(H,29,30)(H,31,32)/t16-,21-,23?,27?/m1/s1.